The molecular weight excluding hydrogens is 238 g/mol. The number of aliphatic carboxylic acids is 1. The van der Waals surface area contributed by atoms with Gasteiger partial charge in [0.05, 0.1) is 5.92 Å². The number of alkyl halides is 2. The average Bonchev–Trinajstić information content (AvgIpc) is 2.58. The van der Waals surface area contributed by atoms with Gasteiger partial charge >= 0.3 is 5.97 Å². The van der Waals surface area contributed by atoms with Crippen LogP contribution in [0.5, 0.6) is 0 Å². The number of allylic oxidation sites excluding steroid dienone is 4. The molecule has 100 valence electrons. The van der Waals surface area contributed by atoms with Crippen LogP contribution in [0.4, 0.5) is 8.78 Å². The molecule has 0 heterocycles. The fourth-order valence-corrected chi connectivity index (χ4v) is 2.43. The molecule has 0 aliphatic heterocycles. The average molecular weight is 256 g/mol. The maximum absolute atomic E-state index is 13.1. The zero-order valence-corrected chi connectivity index (χ0v) is 10.4. The first kappa shape index (κ1) is 14.6. The standard InChI is InChI=1S/C14H18F2O2/c1-3-4-5-6-10(2)12(13(17)18)11-7-8-14(15,16)9-11/h3-6,11-12H,1,7-9H2,2H3,(H,17,18)/b5-4-,10-6+. The second kappa shape index (κ2) is 5.94. The Kier molecular flexibility index (Phi) is 4.82. The molecule has 1 fully saturated rings. The fraction of sp³-hybridized carbons (Fsp3) is 0.500. The Morgan fingerprint density at radius 3 is 2.61 bits per heavy atom. The largest absolute Gasteiger partial charge is 0.481 e. The molecule has 0 radical (unpaired) electrons. The van der Waals surface area contributed by atoms with E-state index < -0.39 is 23.7 Å². The zero-order chi connectivity index (χ0) is 13.8. The highest BCUT2D eigenvalue weighted by Crippen LogP contribution is 2.44. The Hall–Kier alpha value is -1.45. The van der Waals surface area contributed by atoms with Gasteiger partial charge in [-0.3, -0.25) is 4.79 Å². The van der Waals surface area contributed by atoms with Crippen molar-refractivity contribution in [2.75, 3.05) is 0 Å². The van der Waals surface area contributed by atoms with Gasteiger partial charge in [0.15, 0.2) is 0 Å². The van der Waals surface area contributed by atoms with E-state index in [4.69, 9.17) is 0 Å². The summed E-state index contributed by atoms with van der Waals surface area (Å²) < 4.78 is 26.3. The Balaban J connectivity index is 2.84. The molecule has 2 nitrogen and oxygen atoms in total. The number of carboxylic acid groups (broad SMARTS) is 1. The van der Waals surface area contributed by atoms with E-state index in [1.54, 1.807) is 31.2 Å². The number of carboxylic acids is 1. The van der Waals surface area contributed by atoms with Crippen molar-refractivity contribution in [1.82, 2.24) is 0 Å². The lowest BCUT2D eigenvalue weighted by Crippen LogP contribution is -2.24. The van der Waals surface area contributed by atoms with Crippen LogP contribution in [-0.2, 0) is 4.79 Å². The lowest BCUT2D eigenvalue weighted by atomic mass is 9.85. The Morgan fingerprint density at radius 2 is 2.17 bits per heavy atom. The Morgan fingerprint density at radius 1 is 1.50 bits per heavy atom. The highest BCUT2D eigenvalue weighted by atomic mass is 19.3. The third-order valence-corrected chi connectivity index (χ3v) is 3.28. The Bertz CT molecular complexity index is 383. The number of hydrogen-bond acceptors (Lipinski definition) is 1. The first-order chi connectivity index (χ1) is 8.37. The normalized spacial score (nSPS) is 25.3. The fourth-order valence-electron chi connectivity index (χ4n) is 2.43. The van der Waals surface area contributed by atoms with Gasteiger partial charge in [0, 0.05) is 12.8 Å². The van der Waals surface area contributed by atoms with Crippen molar-refractivity contribution in [3.8, 4) is 0 Å². The molecule has 0 saturated heterocycles. The van der Waals surface area contributed by atoms with Crippen LogP contribution in [0.15, 0.2) is 36.5 Å². The summed E-state index contributed by atoms with van der Waals surface area (Å²) in [6, 6.07) is 0. The van der Waals surface area contributed by atoms with Crippen LogP contribution in [0, 0.1) is 11.8 Å². The molecule has 0 aromatic carbocycles. The maximum atomic E-state index is 13.1. The minimum Gasteiger partial charge on any atom is -0.481 e. The summed E-state index contributed by atoms with van der Waals surface area (Å²) in [6.07, 6.45) is 6.29. The van der Waals surface area contributed by atoms with Gasteiger partial charge in [0.25, 0.3) is 0 Å². The van der Waals surface area contributed by atoms with Gasteiger partial charge in [0.1, 0.15) is 0 Å². The first-order valence-corrected chi connectivity index (χ1v) is 5.94. The number of hydrogen-bond donors (Lipinski definition) is 1. The molecule has 1 N–H and O–H groups in total. The van der Waals surface area contributed by atoms with E-state index >= 15 is 0 Å². The summed E-state index contributed by atoms with van der Waals surface area (Å²) in [5.41, 5.74) is 0.600. The van der Waals surface area contributed by atoms with E-state index in [0.717, 1.165) is 0 Å². The molecule has 1 aliphatic rings. The second-order valence-corrected chi connectivity index (χ2v) is 4.71. The van der Waals surface area contributed by atoms with E-state index in [9.17, 15) is 18.7 Å². The van der Waals surface area contributed by atoms with E-state index in [1.807, 2.05) is 0 Å². The molecule has 2 atom stereocenters. The van der Waals surface area contributed by atoms with Crippen molar-refractivity contribution in [1.29, 1.82) is 0 Å². The molecule has 18 heavy (non-hydrogen) atoms. The summed E-state index contributed by atoms with van der Waals surface area (Å²) in [6.45, 7) is 5.17. The van der Waals surface area contributed by atoms with Crippen molar-refractivity contribution < 1.29 is 18.7 Å². The van der Waals surface area contributed by atoms with Crippen molar-refractivity contribution >= 4 is 5.97 Å². The van der Waals surface area contributed by atoms with E-state index in [0.29, 0.717) is 5.57 Å². The molecule has 4 heteroatoms. The predicted octanol–water partition coefficient (Wildman–Crippen LogP) is 3.81. The number of rotatable bonds is 5. The summed E-state index contributed by atoms with van der Waals surface area (Å²) >= 11 is 0. The predicted molar refractivity (Wildman–Crippen MR) is 66.5 cm³/mol. The molecular formula is C14H18F2O2. The summed E-state index contributed by atoms with van der Waals surface area (Å²) in [5, 5.41) is 9.20. The molecule has 1 rings (SSSR count). The number of halogens is 2. The lowest BCUT2D eigenvalue weighted by Gasteiger charge is -2.20. The SMILES string of the molecule is C=C/C=C\C=C(/C)C(C(=O)O)C1CCC(F)(F)C1. The van der Waals surface area contributed by atoms with Crippen LogP contribution in [0.25, 0.3) is 0 Å². The van der Waals surface area contributed by atoms with E-state index in [-0.39, 0.29) is 19.3 Å². The molecule has 1 aliphatic carbocycles. The monoisotopic (exact) mass is 256 g/mol. The molecule has 0 bridgehead atoms. The van der Waals surface area contributed by atoms with E-state index in [1.165, 1.54) is 0 Å². The minimum absolute atomic E-state index is 0.211. The molecule has 0 amide bonds. The van der Waals surface area contributed by atoms with Gasteiger partial charge in [0.2, 0.25) is 5.92 Å². The first-order valence-electron chi connectivity index (χ1n) is 5.94. The second-order valence-electron chi connectivity index (χ2n) is 4.71. The van der Waals surface area contributed by atoms with Crippen LogP contribution >= 0.6 is 0 Å². The molecule has 1 saturated carbocycles. The van der Waals surface area contributed by atoms with E-state index in [2.05, 4.69) is 6.58 Å². The Labute approximate surface area is 106 Å². The third-order valence-electron chi connectivity index (χ3n) is 3.28. The third kappa shape index (κ3) is 3.79. The van der Waals surface area contributed by atoms with Gasteiger partial charge in [-0.25, -0.2) is 8.78 Å². The lowest BCUT2D eigenvalue weighted by molar-refractivity contribution is -0.142. The van der Waals surface area contributed by atoms with Crippen molar-refractivity contribution in [2.45, 2.75) is 32.1 Å². The number of carbonyl (C=O) groups is 1. The van der Waals surface area contributed by atoms with Crippen LogP contribution in [-0.4, -0.2) is 17.0 Å². The van der Waals surface area contributed by atoms with Crippen molar-refractivity contribution in [3.63, 3.8) is 0 Å². The highest BCUT2D eigenvalue weighted by Gasteiger charge is 2.44. The van der Waals surface area contributed by atoms with Crippen LogP contribution < -0.4 is 0 Å². The van der Waals surface area contributed by atoms with Gasteiger partial charge in [-0.2, -0.15) is 0 Å². The van der Waals surface area contributed by atoms with Gasteiger partial charge in [-0.15, -0.1) is 0 Å². The minimum atomic E-state index is -2.71. The maximum Gasteiger partial charge on any atom is 0.310 e. The summed E-state index contributed by atoms with van der Waals surface area (Å²) in [5.74, 6) is -5.05. The zero-order valence-electron chi connectivity index (χ0n) is 10.4. The summed E-state index contributed by atoms with van der Waals surface area (Å²) in [7, 11) is 0. The van der Waals surface area contributed by atoms with Crippen LogP contribution in [0.1, 0.15) is 26.2 Å². The van der Waals surface area contributed by atoms with Crippen LogP contribution in [0.3, 0.4) is 0 Å². The highest BCUT2D eigenvalue weighted by molar-refractivity contribution is 5.74. The van der Waals surface area contributed by atoms with Crippen molar-refractivity contribution in [2.24, 2.45) is 11.8 Å². The van der Waals surface area contributed by atoms with Gasteiger partial charge in [-0.1, -0.05) is 36.5 Å². The molecule has 2 unspecified atom stereocenters. The van der Waals surface area contributed by atoms with Crippen molar-refractivity contribution in [3.05, 3.63) is 36.5 Å². The quantitative estimate of drug-likeness (QED) is 0.759. The van der Waals surface area contributed by atoms with Crippen LogP contribution in [0.2, 0.25) is 0 Å². The smallest absolute Gasteiger partial charge is 0.310 e. The van der Waals surface area contributed by atoms with Gasteiger partial charge in [-0.05, 0) is 19.3 Å². The molecule has 0 aromatic rings. The summed E-state index contributed by atoms with van der Waals surface area (Å²) in [4.78, 5) is 11.2. The molecule has 0 spiro atoms. The molecule has 0 aromatic heterocycles. The topological polar surface area (TPSA) is 37.3 Å². The van der Waals surface area contributed by atoms with Gasteiger partial charge < -0.3 is 5.11 Å².